The second-order valence-corrected chi connectivity index (χ2v) is 3.47. The fourth-order valence-corrected chi connectivity index (χ4v) is 1.06. The Morgan fingerprint density at radius 2 is 2.33 bits per heavy atom. The summed E-state index contributed by atoms with van der Waals surface area (Å²) in [5.41, 5.74) is 5.81. The van der Waals surface area contributed by atoms with E-state index in [1.165, 1.54) is 0 Å². The molecule has 1 aliphatic rings. The molecule has 12 heavy (non-hydrogen) atoms. The number of ether oxygens (including phenoxy) is 1. The Morgan fingerprint density at radius 1 is 1.67 bits per heavy atom. The summed E-state index contributed by atoms with van der Waals surface area (Å²) in [5.74, 6) is 0.401. The number of hydrogen-bond donors (Lipinski definition) is 1. The average Bonchev–Trinajstić information content (AvgIpc) is 2.36. The van der Waals surface area contributed by atoms with E-state index in [0.29, 0.717) is 25.6 Å². The van der Waals surface area contributed by atoms with Crippen molar-refractivity contribution >= 4 is 6.09 Å². The molecule has 1 amide bonds. The van der Waals surface area contributed by atoms with Gasteiger partial charge < -0.3 is 15.4 Å². The monoisotopic (exact) mass is 172 g/mol. The molecule has 0 bridgehead atoms. The van der Waals surface area contributed by atoms with Crippen molar-refractivity contribution in [3.63, 3.8) is 0 Å². The SMILES string of the molecule is CC(C)C(N)CN1CCOC1=O. The van der Waals surface area contributed by atoms with Gasteiger partial charge in [0.1, 0.15) is 6.61 Å². The van der Waals surface area contributed by atoms with Crippen molar-refractivity contribution in [2.24, 2.45) is 11.7 Å². The highest BCUT2D eigenvalue weighted by atomic mass is 16.6. The normalized spacial score (nSPS) is 20.0. The lowest BCUT2D eigenvalue weighted by Gasteiger charge is -2.20. The standard InChI is InChI=1S/C8H16N2O2/c1-6(2)7(9)5-10-3-4-12-8(10)11/h6-7H,3-5,9H2,1-2H3. The minimum absolute atomic E-state index is 0.0515. The first-order valence-electron chi connectivity index (χ1n) is 4.28. The van der Waals surface area contributed by atoms with E-state index >= 15 is 0 Å². The van der Waals surface area contributed by atoms with Gasteiger partial charge in [-0.1, -0.05) is 13.8 Å². The summed E-state index contributed by atoms with van der Waals surface area (Å²) >= 11 is 0. The van der Waals surface area contributed by atoms with E-state index in [-0.39, 0.29) is 12.1 Å². The summed E-state index contributed by atoms with van der Waals surface area (Å²) in [6.07, 6.45) is -0.230. The fourth-order valence-electron chi connectivity index (χ4n) is 1.06. The highest BCUT2D eigenvalue weighted by Crippen LogP contribution is 2.07. The van der Waals surface area contributed by atoms with Crippen LogP contribution in [0.2, 0.25) is 0 Å². The van der Waals surface area contributed by atoms with Gasteiger partial charge in [0.05, 0.1) is 6.54 Å². The molecule has 1 fully saturated rings. The van der Waals surface area contributed by atoms with E-state index in [1.807, 2.05) is 13.8 Å². The average molecular weight is 172 g/mol. The van der Waals surface area contributed by atoms with Crippen LogP contribution in [0.25, 0.3) is 0 Å². The quantitative estimate of drug-likeness (QED) is 0.671. The van der Waals surface area contributed by atoms with Crippen LogP contribution >= 0.6 is 0 Å². The Labute approximate surface area is 72.7 Å². The van der Waals surface area contributed by atoms with Crippen molar-refractivity contribution in [1.82, 2.24) is 4.90 Å². The lowest BCUT2D eigenvalue weighted by molar-refractivity contribution is 0.155. The van der Waals surface area contributed by atoms with Gasteiger partial charge >= 0.3 is 6.09 Å². The van der Waals surface area contributed by atoms with Gasteiger partial charge in [0.25, 0.3) is 0 Å². The Balaban J connectivity index is 2.35. The Hall–Kier alpha value is -0.770. The molecule has 1 heterocycles. The van der Waals surface area contributed by atoms with Crippen molar-refractivity contribution in [2.45, 2.75) is 19.9 Å². The summed E-state index contributed by atoms with van der Waals surface area (Å²) in [7, 11) is 0. The van der Waals surface area contributed by atoms with E-state index in [0.717, 1.165) is 0 Å². The first-order chi connectivity index (χ1) is 5.61. The Bertz CT molecular complexity index is 170. The van der Waals surface area contributed by atoms with Gasteiger partial charge in [-0.3, -0.25) is 0 Å². The molecule has 0 spiro atoms. The van der Waals surface area contributed by atoms with E-state index in [9.17, 15) is 4.79 Å². The number of nitrogens with two attached hydrogens (primary N) is 1. The molecule has 0 saturated carbocycles. The first-order valence-corrected chi connectivity index (χ1v) is 4.28. The maximum Gasteiger partial charge on any atom is 0.409 e. The lowest BCUT2D eigenvalue weighted by Crippen LogP contribution is -2.41. The first kappa shape index (κ1) is 9.32. The maximum atomic E-state index is 11.0. The number of cyclic esters (lactones) is 1. The largest absolute Gasteiger partial charge is 0.448 e. The zero-order valence-electron chi connectivity index (χ0n) is 7.62. The highest BCUT2D eigenvalue weighted by molar-refractivity contribution is 5.69. The number of carbonyl (C=O) groups excluding carboxylic acids is 1. The number of nitrogens with zero attached hydrogens (tertiary/aromatic N) is 1. The minimum Gasteiger partial charge on any atom is -0.448 e. The van der Waals surface area contributed by atoms with Crippen LogP contribution in [0.3, 0.4) is 0 Å². The van der Waals surface area contributed by atoms with E-state index in [1.54, 1.807) is 4.90 Å². The Morgan fingerprint density at radius 3 is 2.75 bits per heavy atom. The van der Waals surface area contributed by atoms with Crippen LogP contribution in [0.15, 0.2) is 0 Å². The van der Waals surface area contributed by atoms with Crippen LogP contribution in [0.1, 0.15) is 13.8 Å². The smallest absolute Gasteiger partial charge is 0.409 e. The van der Waals surface area contributed by atoms with Crippen LogP contribution in [-0.4, -0.2) is 36.7 Å². The molecular weight excluding hydrogens is 156 g/mol. The van der Waals surface area contributed by atoms with Gasteiger partial charge in [-0.2, -0.15) is 0 Å². The maximum absolute atomic E-state index is 11.0. The lowest BCUT2D eigenvalue weighted by atomic mass is 10.1. The summed E-state index contributed by atoms with van der Waals surface area (Å²) in [6.45, 7) is 5.89. The molecule has 0 radical (unpaired) electrons. The third kappa shape index (κ3) is 2.11. The third-order valence-corrected chi connectivity index (χ3v) is 2.13. The van der Waals surface area contributed by atoms with Gasteiger partial charge in [0, 0.05) is 12.6 Å². The van der Waals surface area contributed by atoms with Crippen LogP contribution in [0.4, 0.5) is 4.79 Å². The summed E-state index contributed by atoms with van der Waals surface area (Å²) < 4.78 is 4.78. The van der Waals surface area contributed by atoms with Crippen LogP contribution in [-0.2, 0) is 4.74 Å². The van der Waals surface area contributed by atoms with Crippen LogP contribution in [0, 0.1) is 5.92 Å². The zero-order valence-corrected chi connectivity index (χ0v) is 7.62. The molecular formula is C8H16N2O2. The van der Waals surface area contributed by atoms with E-state index in [2.05, 4.69) is 0 Å². The van der Waals surface area contributed by atoms with Gasteiger partial charge in [-0.25, -0.2) is 4.79 Å². The predicted octanol–water partition coefficient (Wildman–Crippen LogP) is 0.422. The molecule has 1 rings (SSSR count). The topological polar surface area (TPSA) is 55.6 Å². The molecule has 0 aliphatic carbocycles. The van der Waals surface area contributed by atoms with E-state index < -0.39 is 0 Å². The van der Waals surface area contributed by atoms with E-state index in [4.69, 9.17) is 10.5 Å². The molecule has 0 aromatic carbocycles. The molecule has 0 aromatic heterocycles. The predicted molar refractivity (Wildman–Crippen MR) is 45.7 cm³/mol. The second-order valence-electron chi connectivity index (χ2n) is 3.47. The van der Waals surface area contributed by atoms with Crippen LogP contribution < -0.4 is 5.73 Å². The van der Waals surface area contributed by atoms with Crippen molar-refractivity contribution in [1.29, 1.82) is 0 Å². The minimum atomic E-state index is -0.230. The van der Waals surface area contributed by atoms with Crippen molar-refractivity contribution < 1.29 is 9.53 Å². The van der Waals surface area contributed by atoms with Crippen molar-refractivity contribution in [3.05, 3.63) is 0 Å². The fraction of sp³-hybridized carbons (Fsp3) is 0.875. The van der Waals surface area contributed by atoms with Gasteiger partial charge in [0.15, 0.2) is 0 Å². The number of amides is 1. The molecule has 0 aromatic rings. The van der Waals surface area contributed by atoms with Crippen molar-refractivity contribution in [3.8, 4) is 0 Å². The molecule has 1 unspecified atom stereocenters. The molecule has 4 nitrogen and oxygen atoms in total. The Kier molecular flexibility index (Phi) is 2.92. The molecule has 1 aliphatic heterocycles. The number of carbonyl (C=O) groups is 1. The van der Waals surface area contributed by atoms with Gasteiger partial charge in [0.2, 0.25) is 0 Å². The van der Waals surface area contributed by atoms with Gasteiger partial charge in [-0.15, -0.1) is 0 Å². The summed E-state index contributed by atoms with van der Waals surface area (Å²) in [5, 5.41) is 0. The van der Waals surface area contributed by atoms with Crippen LogP contribution in [0.5, 0.6) is 0 Å². The number of rotatable bonds is 3. The van der Waals surface area contributed by atoms with Gasteiger partial charge in [-0.05, 0) is 5.92 Å². The summed E-state index contributed by atoms with van der Waals surface area (Å²) in [6, 6.07) is 0.0515. The van der Waals surface area contributed by atoms with Crippen molar-refractivity contribution in [2.75, 3.05) is 19.7 Å². The molecule has 4 heteroatoms. The third-order valence-electron chi connectivity index (χ3n) is 2.13. The second kappa shape index (κ2) is 3.76. The number of hydrogen-bond acceptors (Lipinski definition) is 3. The molecule has 1 atom stereocenters. The molecule has 1 saturated heterocycles. The molecule has 2 N–H and O–H groups in total. The highest BCUT2D eigenvalue weighted by Gasteiger charge is 2.24. The molecule has 70 valence electrons. The zero-order chi connectivity index (χ0) is 9.14. The summed E-state index contributed by atoms with van der Waals surface area (Å²) in [4.78, 5) is 12.6.